The van der Waals surface area contributed by atoms with Crippen LogP contribution in [0.4, 0.5) is 5.69 Å². The number of ether oxygens (including phenoxy) is 2. The number of hydrogen-bond donors (Lipinski definition) is 0. The lowest BCUT2D eigenvalue weighted by Gasteiger charge is -2.20. The van der Waals surface area contributed by atoms with Gasteiger partial charge >= 0.3 is 5.97 Å². The van der Waals surface area contributed by atoms with E-state index in [0.717, 1.165) is 0 Å². The third kappa shape index (κ3) is 3.94. The minimum Gasteiger partial charge on any atom is -0.481 e. The first-order chi connectivity index (χ1) is 11.0. The Kier molecular flexibility index (Phi) is 5.09. The maximum atomic E-state index is 11.8. The van der Waals surface area contributed by atoms with Crippen molar-refractivity contribution >= 4 is 11.7 Å². The van der Waals surface area contributed by atoms with Gasteiger partial charge in [-0.15, -0.1) is 0 Å². The Morgan fingerprint density at radius 1 is 1.13 bits per heavy atom. The molecule has 0 aliphatic rings. The number of nitro benzene ring substituents is 1. The Morgan fingerprint density at radius 3 is 2.26 bits per heavy atom. The van der Waals surface area contributed by atoms with Crippen LogP contribution in [0, 0.1) is 10.1 Å². The van der Waals surface area contributed by atoms with Gasteiger partial charge in [-0.3, -0.25) is 10.1 Å². The first-order valence-corrected chi connectivity index (χ1v) is 6.76. The molecule has 2 rings (SSSR count). The minimum absolute atomic E-state index is 0.0455. The zero-order valence-corrected chi connectivity index (χ0v) is 12.5. The molecule has 1 atom stereocenters. The highest BCUT2D eigenvalue weighted by Gasteiger charge is 2.24. The van der Waals surface area contributed by atoms with Crippen LogP contribution >= 0.6 is 0 Å². The van der Waals surface area contributed by atoms with Gasteiger partial charge in [-0.2, -0.15) is 0 Å². The monoisotopic (exact) mass is 313 g/mol. The van der Waals surface area contributed by atoms with Crippen LogP contribution in [-0.2, 0) is 9.53 Å². The second-order valence-electron chi connectivity index (χ2n) is 4.68. The number of nitrogens with zero attached hydrogens (tertiary/aromatic N) is 1. The molecule has 6 heteroatoms. The molecule has 0 heterocycles. The summed E-state index contributed by atoms with van der Waals surface area (Å²) in [7, 11) is 1.25. The molecule has 0 aliphatic heterocycles. The molecule has 0 saturated carbocycles. The van der Waals surface area contributed by atoms with E-state index < -0.39 is 17.0 Å². The smallest absolute Gasteiger partial charge is 0.337 e. The van der Waals surface area contributed by atoms with Crippen molar-refractivity contribution in [2.24, 2.45) is 0 Å². The topological polar surface area (TPSA) is 78.7 Å². The lowest BCUT2D eigenvalue weighted by atomic mass is 10.0. The molecule has 6 nitrogen and oxygen atoms in total. The van der Waals surface area contributed by atoms with Crippen molar-refractivity contribution in [2.75, 3.05) is 7.11 Å². The zero-order chi connectivity index (χ0) is 16.8. The van der Waals surface area contributed by atoms with E-state index in [-0.39, 0.29) is 11.3 Å². The fourth-order valence-corrected chi connectivity index (χ4v) is 1.98. The van der Waals surface area contributed by atoms with E-state index in [2.05, 4.69) is 11.3 Å². The highest BCUT2D eigenvalue weighted by atomic mass is 16.6. The first kappa shape index (κ1) is 16.2. The molecule has 0 N–H and O–H groups in total. The number of nitro groups is 1. The van der Waals surface area contributed by atoms with Gasteiger partial charge in [-0.05, 0) is 29.8 Å². The number of esters is 1. The summed E-state index contributed by atoms with van der Waals surface area (Å²) in [6.45, 7) is 3.72. The zero-order valence-electron chi connectivity index (χ0n) is 12.5. The van der Waals surface area contributed by atoms with Gasteiger partial charge in [0.05, 0.1) is 17.6 Å². The average Bonchev–Trinajstić information content (AvgIpc) is 2.59. The Balaban J connectivity index is 2.34. The van der Waals surface area contributed by atoms with E-state index in [1.165, 1.54) is 31.4 Å². The van der Waals surface area contributed by atoms with E-state index in [4.69, 9.17) is 4.74 Å². The van der Waals surface area contributed by atoms with Gasteiger partial charge < -0.3 is 9.47 Å². The van der Waals surface area contributed by atoms with Crippen molar-refractivity contribution in [1.82, 2.24) is 0 Å². The standard InChI is InChI=1S/C17H15NO5/c1-12(17(19)22-2)16(23-15-6-4-3-5-7-15)13-8-10-14(11-9-13)18(20)21/h3-11,16H,1H2,2H3. The fourth-order valence-electron chi connectivity index (χ4n) is 1.98. The molecule has 118 valence electrons. The van der Waals surface area contributed by atoms with Crippen molar-refractivity contribution in [3.8, 4) is 5.75 Å². The van der Waals surface area contributed by atoms with E-state index in [9.17, 15) is 14.9 Å². The molecule has 0 radical (unpaired) electrons. The third-order valence-electron chi connectivity index (χ3n) is 3.17. The van der Waals surface area contributed by atoms with Crippen LogP contribution in [0.25, 0.3) is 0 Å². The van der Waals surface area contributed by atoms with Gasteiger partial charge in [0.1, 0.15) is 5.75 Å². The highest BCUT2D eigenvalue weighted by Crippen LogP contribution is 2.29. The molecule has 2 aromatic carbocycles. The number of non-ortho nitro benzene ring substituents is 1. The lowest BCUT2D eigenvalue weighted by Crippen LogP contribution is -2.17. The van der Waals surface area contributed by atoms with Crippen LogP contribution < -0.4 is 4.74 Å². The van der Waals surface area contributed by atoms with Crippen LogP contribution in [0.2, 0.25) is 0 Å². The van der Waals surface area contributed by atoms with Crippen LogP contribution in [0.3, 0.4) is 0 Å². The number of methoxy groups -OCH3 is 1. The number of benzene rings is 2. The quantitative estimate of drug-likeness (QED) is 0.353. The van der Waals surface area contributed by atoms with Gasteiger partial charge in [-0.1, -0.05) is 24.8 Å². The molecule has 0 aromatic heterocycles. The molecule has 0 aliphatic carbocycles. The molecule has 0 spiro atoms. The van der Waals surface area contributed by atoms with E-state index in [0.29, 0.717) is 11.3 Å². The summed E-state index contributed by atoms with van der Waals surface area (Å²) < 4.78 is 10.5. The lowest BCUT2D eigenvalue weighted by molar-refractivity contribution is -0.384. The maximum Gasteiger partial charge on any atom is 0.337 e. The number of carbonyl (C=O) groups excluding carboxylic acids is 1. The average molecular weight is 313 g/mol. The summed E-state index contributed by atoms with van der Waals surface area (Å²) >= 11 is 0. The Morgan fingerprint density at radius 2 is 1.74 bits per heavy atom. The van der Waals surface area contributed by atoms with E-state index >= 15 is 0 Å². The molecular weight excluding hydrogens is 298 g/mol. The van der Waals surface area contributed by atoms with Gasteiger partial charge in [-0.25, -0.2) is 4.79 Å². The van der Waals surface area contributed by atoms with Crippen molar-refractivity contribution in [2.45, 2.75) is 6.10 Å². The fraction of sp³-hybridized carbons (Fsp3) is 0.118. The van der Waals surface area contributed by atoms with Crippen molar-refractivity contribution in [3.63, 3.8) is 0 Å². The van der Waals surface area contributed by atoms with Crippen molar-refractivity contribution < 1.29 is 19.2 Å². The van der Waals surface area contributed by atoms with Gasteiger partial charge in [0.15, 0.2) is 6.10 Å². The normalized spacial score (nSPS) is 11.3. The second-order valence-corrected chi connectivity index (χ2v) is 4.68. The number of para-hydroxylation sites is 1. The summed E-state index contributed by atoms with van der Waals surface area (Å²) in [6, 6.07) is 14.7. The predicted octanol–water partition coefficient (Wildman–Crippen LogP) is 3.44. The molecule has 2 aromatic rings. The van der Waals surface area contributed by atoms with E-state index in [1.807, 2.05) is 6.07 Å². The van der Waals surface area contributed by atoms with Gasteiger partial charge in [0.25, 0.3) is 5.69 Å². The van der Waals surface area contributed by atoms with Crippen LogP contribution in [0.15, 0.2) is 66.7 Å². The molecule has 0 bridgehead atoms. The number of carbonyl (C=O) groups is 1. The van der Waals surface area contributed by atoms with Crippen LogP contribution in [-0.4, -0.2) is 18.0 Å². The highest BCUT2D eigenvalue weighted by molar-refractivity contribution is 5.89. The summed E-state index contributed by atoms with van der Waals surface area (Å²) in [5, 5.41) is 10.7. The number of hydrogen-bond acceptors (Lipinski definition) is 5. The SMILES string of the molecule is C=C(C(=O)OC)C(Oc1ccccc1)c1ccc([N+](=O)[O-])cc1. The van der Waals surface area contributed by atoms with Crippen LogP contribution in [0.1, 0.15) is 11.7 Å². The summed E-state index contributed by atoms with van der Waals surface area (Å²) in [5.41, 5.74) is 0.621. The Labute approximate surface area is 133 Å². The summed E-state index contributed by atoms with van der Waals surface area (Å²) in [4.78, 5) is 22.0. The molecule has 0 amide bonds. The summed E-state index contributed by atoms with van der Waals surface area (Å²) in [5.74, 6) is -0.0646. The molecule has 1 unspecified atom stereocenters. The largest absolute Gasteiger partial charge is 0.481 e. The Hall–Kier alpha value is -3.15. The van der Waals surface area contributed by atoms with Gasteiger partial charge in [0.2, 0.25) is 0 Å². The first-order valence-electron chi connectivity index (χ1n) is 6.76. The summed E-state index contributed by atoms with van der Waals surface area (Å²) in [6.07, 6.45) is -0.800. The van der Waals surface area contributed by atoms with Crippen LogP contribution in [0.5, 0.6) is 5.75 Å². The molecule has 0 fully saturated rings. The number of rotatable bonds is 6. The second kappa shape index (κ2) is 7.22. The molecule has 23 heavy (non-hydrogen) atoms. The van der Waals surface area contributed by atoms with Crippen molar-refractivity contribution in [3.05, 3.63) is 82.4 Å². The molecule has 0 saturated heterocycles. The third-order valence-corrected chi connectivity index (χ3v) is 3.17. The maximum absolute atomic E-state index is 11.8. The van der Waals surface area contributed by atoms with Gasteiger partial charge in [0, 0.05) is 12.1 Å². The molecular formula is C17H15NO5. The van der Waals surface area contributed by atoms with E-state index in [1.54, 1.807) is 24.3 Å². The van der Waals surface area contributed by atoms with Crippen molar-refractivity contribution in [1.29, 1.82) is 0 Å². The minimum atomic E-state index is -0.800. The Bertz CT molecular complexity index is 710. The predicted molar refractivity (Wildman–Crippen MR) is 84.1 cm³/mol.